The minimum absolute atomic E-state index is 0.137. The Morgan fingerprint density at radius 3 is 2.50 bits per heavy atom. The highest BCUT2D eigenvalue weighted by molar-refractivity contribution is 7.80. The molecule has 1 aromatic heterocycles. The van der Waals surface area contributed by atoms with Crippen molar-refractivity contribution in [2.45, 2.75) is 33.2 Å². The van der Waals surface area contributed by atoms with Gasteiger partial charge in [0.15, 0.2) is 0 Å². The predicted molar refractivity (Wildman–Crippen MR) is 65.4 cm³/mol. The standard InChI is InChI=1S/C10H17NOS2/c1-3-10(4-2,8-13)7-11-5-6-14-9(11)12/h5-6,13H,3-4,7-8H2,1-2H3. The van der Waals surface area contributed by atoms with E-state index in [1.165, 1.54) is 11.3 Å². The van der Waals surface area contributed by atoms with E-state index in [9.17, 15) is 4.79 Å². The van der Waals surface area contributed by atoms with Crippen LogP contribution in [-0.4, -0.2) is 10.3 Å². The number of hydrogen-bond donors (Lipinski definition) is 1. The summed E-state index contributed by atoms with van der Waals surface area (Å²) in [4.78, 5) is 11.5. The Hall–Kier alpha value is -0.220. The molecule has 0 aliphatic carbocycles. The Bertz CT molecular complexity index is 317. The van der Waals surface area contributed by atoms with Gasteiger partial charge in [-0.15, -0.1) is 0 Å². The van der Waals surface area contributed by atoms with Crippen LogP contribution < -0.4 is 4.87 Å². The Morgan fingerprint density at radius 2 is 2.14 bits per heavy atom. The van der Waals surface area contributed by atoms with Crippen LogP contribution in [0.2, 0.25) is 0 Å². The van der Waals surface area contributed by atoms with Crippen LogP contribution in [0, 0.1) is 5.41 Å². The number of aromatic nitrogens is 1. The van der Waals surface area contributed by atoms with Crippen LogP contribution in [0.3, 0.4) is 0 Å². The summed E-state index contributed by atoms with van der Waals surface area (Å²) >= 11 is 5.65. The van der Waals surface area contributed by atoms with E-state index >= 15 is 0 Å². The number of thiol groups is 1. The smallest absolute Gasteiger partial charge is 0.305 e. The molecule has 0 saturated carbocycles. The summed E-state index contributed by atoms with van der Waals surface area (Å²) in [5, 5.41) is 1.84. The third kappa shape index (κ3) is 2.42. The van der Waals surface area contributed by atoms with Crippen LogP contribution in [-0.2, 0) is 6.54 Å². The number of nitrogens with zero attached hydrogens (tertiary/aromatic N) is 1. The molecule has 0 amide bonds. The number of thiazole rings is 1. The van der Waals surface area contributed by atoms with Crippen LogP contribution in [0.1, 0.15) is 26.7 Å². The van der Waals surface area contributed by atoms with E-state index in [0.717, 1.165) is 25.1 Å². The highest BCUT2D eigenvalue weighted by Gasteiger charge is 2.25. The van der Waals surface area contributed by atoms with E-state index in [2.05, 4.69) is 26.5 Å². The summed E-state index contributed by atoms with van der Waals surface area (Å²) in [7, 11) is 0. The highest BCUT2D eigenvalue weighted by atomic mass is 32.1. The zero-order chi connectivity index (χ0) is 10.6. The van der Waals surface area contributed by atoms with Crippen LogP contribution >= 0.6 is 24.0 Å². The van der Waals surface area contributed by atoms with Crippen LogP contribution in [0.25, 0.3) is 0 Å². The molecule has 0 fully saturated rings. The van der Waals surface area contributed by atoms with Crippen molar-refractivity contribution >= 4 is 24.0 Å². The molecule has 0 aliphatic heterocycles. The second-order valence-electron chi connectivity index (χ2n) is 3.66. The van der Waals surface area contributed by atoms with E-state index in [1.807, 2.05) is 11.6 Å². The Morgan fingerprint density at radius 1 is 1.50 bits per heavy atom. The highest BCUT2D eigenvalue weighted by Crippen LogP contribution is 2.29. The molecule has 0 spiro atoms. The van der Waals surface area contributed by atoms with Gasteiger partial charge >= 0.3 is 4.87 Å². The van der Waals surface area contributed by atoms with Gasteiger partial charge < -0.3 is 4.57 Å². The fourth-order valence-corrected chi connectivity index (χ4v) is 2.65. The normalized spacial score (nSPS) is 11.9. The third-order valence-corrected chi connectivity index (χ3v) is 4.35. The number of hydrogen-bond acceptors (Lipinski definition) is 3. The first-order valence-corrected chi connectivity index (χ1v) is 6.43. The van der Waals surface area contributed by atoms with E-state index in [-0.39, 0.29) is 10.3 Å². The lowest BCUT2D eigenvalue weighted by Crippen LogP contribution is -2.30. The first-order valence-electron chi connectivity index (χ1n) is 4.92. The molecule has 1 rings (SSSR count). The van der Waals surface area contributed by atoms with Crippen molar-refractivity contribution in [3.8, 4) is 0 Å². The molecule has 0 radical (unpaired) electrons. The average Bonchev–Trinajstić information content (AvgIpc) is 2.61. The molecule has 0 aromatic carbocycles. The summed E-state index contributed by atoms with van der Waals surface area (Å²) in [6, 6.07) is 0. The molecule has 0 saturated heterocycles. The first kappa shape index (κ1) is 11.9. The fraction of sp³-hybridized carbons (Fsp3) is 0.700. The summed E-state index contributed by atoms with van der Waals surface area (Å²) in [5.41, 5.74) is 0.175. The van der Waals surface area contributed by atoms with Crippen LogP contribution in [0.5, 0.6) is 0 Å². The molecule has 0 atom stereocenters. The molecule has 14 heavy (non-hydrogen) atoms. The topological polar surface area (TPSA) is 22.0 Å². The molecule has 1 heterocycles. The van der Waals surface area contributed by atoms with Gasteiger partial charge in [0.1, 0.15) is 0 Å². The summed E-state index contributed by atoms with van der Waals surface area (Å²) < 4.78 is 1.80. The molecule has 0 aliphatic rings. The Labute approximate surface area is 94.4 Å². The minimum atomic E-state index is 0.137. The molecule has 1 aromatic rings. The van der Waals surface area contributed by atoms with E-state index in [0.29, 0.717) is 0 Å². The van der Waals surface area contributed by atoms with Crippen molar-refractivity contribution in [2.24, 2.45) is 5.41 Å². The lowest BCUT2D eigenvalue weighted by molar-refractivity contribution is 0.256. The maximum Gasteiger partial charge on any atom is 0.307 e. The second-order valence-corrected chi connectivity index (χ2v) is 4.84. The SMILES string of the molecule is CCC(CC)(CS)Cn1ccsc1=O. The second kappa shape index (κ2) is 5.03. The minimum Gasteiger partial charge on any atom is -0.305 e. The van der Waals surface area contributed by atoms with Gasteiger partial charge in [-0.1, -0.05) is 25.2 Å². The van der Waals surface area contributed by atoms with Crippen molar-refractivity contribution < 1.29 is 0 Å². The maximum absolute atomic E-state index is 11.4. The monoisotopic (exact) mass is 231 g/mol. The molecular weight excluding hydrogens is 214 g/mol. The van der Waals surface area contributed by atoms with Gasteiger partial charge in [0.25, 0.3) is 0 Å². The molecule has 80 valence electrons. The van der Waals surface area contributed by atoms with Gasteiger partial charge in [-0.25, -0.2) is 0 Å². The summed E-state index contributed by atoms with van der Waals surface area (Å²) in [5.74, 6) is 0.836. The van der Waals surface area contributed by atoms with E-state index in [4.69, 9.17) is 0 Å². The lowest BCUT2D eigenvalue weighted by atomic mass is 9.84. The van der Waals surface area contributed by atoms with Crippen molar-refractivity contribution in [3.05, 3.63) is 21.2 Å². The van der Waals surface area contributed by atoms with Gasteiger partial charge in [-0.3, -0.25) is 4.79 Å². The predicted octanol–water partition coefficient (Wildman–Crippen LogP) is 2.65. The molecule has 0 bridgehead atoms. The maximum atomic E-state index is 11.4. The molecule has 0 N–H and O–H groups in total. The Balaban J connectivity index is 2.84. The molecular formula is C10H17NOS2. The number of rotatable bonds is 5. The van der Waals surface area contributed by atoms with Gasteiger partial charge in [-0.2, -0.15) is 12.6 Å². The average molecular weight is 231 g/mol. The fourth-order valence-electron chi connectivity index (χ4n) is 1.52. The van der Waals surface area contributed by atoms with Crippen molar-refractivity contribution in [3.63, 3.8) is 0 Å². The lowest BCUT2D eigenvalue weighted by Gasteiger charge is -2.29. The molecule has 2 nitrogen and oxygen atoms in total. The van der Waals surface area contributed by atoms with Crippen molar-refractivity contribution in [2.75, 3.05) is 5.75 Å². The first-order chi connectivity index (χ1) is 6.67. The van der Waals surface area contributed by atoms with Gasteiger partial charge in [0, 0.05) is 18.1 Å². The quantitative estimate of drug-likeness (QED) is 0.773. The van der Waals surface area contributed by atoms with E-state index in [1.54, 1.807) is 4.57 Å². The van der Waals surface area contributed by atoms with Crippen LogP contribution in [0.15, 0.2) is 16.4 Å². The Kier molecular flexibility index (Phi) is 4.26. The van der Waals surface area contributed by atoms with Gasteiger partial charge in [0.05, 0.1) is 0 Å². The zero-order valence-corrected chi connectivity index (χ0v) is 10.4. The third-order valence-electron chi connectivity index (χ3n) is 2.99. The molecule has 0 unspecified atom stereocenters. The largest absolute Gasteiger partial charge is 0.307 e. The summed E-state index contributed by atoms with van der Waals surface area (Å²) in [6.07, 6.45) is 4.00. The zero-order valence-electron chi connectivity index (χ0n) is 8.69. The van der Waals surface area contributed by atoms with Crippen LogP contribution in [0.4, 0.5) is 0 Å². The van der Waals surface area contributed by atoms with Crippen molar-refractivity contribution in [1.82, 2.24) is 4.57 Å². The van der Waals surface area contributed by atoms with Gasteiger partial charge in [0.2, 0.25) is 0 Å². The van der Waals surface area contributed by atoms with E-state index < -0.39 is 0 Å². The molecule has 4 heteroatoms. The van der Waals surface area contributed by atoms with Crippen molar-refractivity contribution in [1.29, 1.82) is 0 Å². The summed E-state index contributed by atoms with van der Waals surface area (Å²) in [6.45, 7) is 5.13. The van der Waals surface area contributed by atoms with Gasteiger partial charge in [-0.05, 0) is 24.0 Å².